The number of amides is 1. The molecule has 4 rings (SSSR count). The molecule has 0 saturated carbocycles. The van der Waals surface area contributed by atoms with Gasteiger partial charge in [0, 0.05) is 35.0 Å². The number of carbonyl (C=O) groups is 1. The maximum Gasteiger partial charge on any atom is 0.244 e. The molecule has 0 aliphatic heterocycles. The van der Waals surface area contributed by atoms with Crippen molar-refractivity contribution < 1.29 is 4.79 Å². The molecule has 0 bridgehead atoms. The first-order valence-corrected chi connectivity index (χ1v) is 9.55. The van der Waals surface area contributed by atoms with Gasteiger partial charge in [0.15, 0.2) is 0 Å². The second-order valence-corrected chi connectivity index (χ2v) is 7.29. The van der Waals surface area contributed by atoms with Crippen LogP contribution in [0, 0.1) is 6.92 Å². The Labute approximate surface area is 168 Å². The Balaban J connectivity index is 1.65. The minimum Gasteiger partial charge on any atom is -0.354 e. The van der Waals surface area contributed by atoms with Gasteiger partial charge < -0.3 is 10.3 Å². The van der Waals surface area contributed by atoms with Crippen molar-refractivity contribution in [1.82, 2.24) is 20.1 Å². The van der Waals surface area contributed by atoms with Gasteiger partial charge >= 0.3 is 0 Å². The second-order valence-electron chi connectivity index (χ2n) is 6.86. The molecule has 28 heavy (non-hydrogen) atoms. The maximum atomic E-state index is 12.5. The van der Waals surface area contributed by atoms with Crippen molar-refractivity contribution in [2.24, 2.45) is 0 Å². The number of aryl methyl sites for hydroxylation is 1. The summed E-state index contributed by atoms with van der Waals surface area (Å²) in [5.41, 5.74) is 5.27. The van der Waals surface area contributed by atoms with E-state index in [-0.39, 0.29) is 11.9 Å². The van der Waals surface area contributed by atoms with Crippen LogP contribution in [0.2, 0.25) is 5.02 Å². The van der Waals surface area contributed by atoms with Crippen LogP contribution in [-0.2, 0) is 11.3 Å². The lowest BCUT2D eigenvalue weighted by Gasteiger charge is -2.13. The fourth-order valence-corrected chi connectivity index (χ4v) is 3.69. The molecule has 6 heteroatoms. The summed E-state index contributed by atoms with van der Waals surface area (Å²) in [7, 11) is 0. The zero-order valence-electron chi connectivity index (χ0n) is 15.7. The normalized spacial score (nSPS) is 12.2. The summed E-state index contributed by atoms with van der Waals surface area (Å²) >= 11 is 6.37. The molecule has 5 nitrogen and oxygen atoms in total. The van der Waals surface area contributed by atoms with Gasteiger partial charge in [-0.1, -0.05) is 41.9 Å². The van der Waals surface area contributed by atoms with E-state index >= 15 is 0 Å². The van der Waals surface area contributed by atoms with Crippen molar-refractivity contribution in [3.05, 3.63) is 77.1 Å². The molecule has 1 unspecified atom stereocenters. The van der Waals surface area contributed by atoms with E-state index in [0.717, 1.165) is 33.3 Å². The Morgan fingerprint density at radius 2 is 2.04 bits per heavy atom. The Morgan fingerprint density at radius 3 is 2.75 bits per heavy atom. The monoisotopic (exact) mass is 392 g/mol. The summed E-state index contributed by atoms with van der Waals surface area (Å²) in [6, 6.07) is 15.5. The number of halogens is 1. The fourth-order valence-electron chi connectivity index (χ4n) is 3.45. The zero-order valence-corrected chi connectivity index (χ0v) is 16.5. The molecule has 0 fully saturated rings. The molecule has 2 aromatic carbocycles. The average Bonchev–Trinajstić information content (AvgIpc) is 3.35. The highest BCUT2D eigenvalue weighted by Gasteiger charge is 2.17. The van der Waals surface area contributed by atoms with Crippen LogP contribution in [0.15, 0.2) is 60.9 Å². The molecule has 142 valence electrons. The maximum absolute atomic E-state index is 12.5. The summed E-state index contributed by atoms with van der Waals surface area (Å²) in [6.45, 7) is 4.29. The van der Waals surface area contributed by atoms with Gasteiger partial charge in [0.2, 0.25) is 5.91 Å². The molecule has 2 heterocycles. The smallest absolute Gasteiger partial charge is 0.244 e. The van der Waals surface area contributed by atoms with Gasteiger partial charge in [-0.05, 0) is 48.7 Å². The van der Waals surface area contributed by atoms with Crippen LogP contribution in [0.3, 0.4) is 0 Å². The van der Waals surface area contributed by atoms with Crippen LogP contribution < -0.4 is 5.32 Å². The van der Waals surface area contributed by atoms with Gasteiger partial charge in [-0.15, -0.1) is 0 Å². The Kier molecular flexibility index (Phi) is 4.92. The van der Waals surface area contributed by atoms with Gasteiger partial charge in [-0.3, -0.25) is 9.48 Å². The predicted octanol–water partition coefficient (Wildman–Crippen LogP) is 4.87. The van der Waals surface area contributed by atoms with E-state index < -0.39 is 0 Å². The predicted molar refractivity (Wildman–Crippen MR) is 112 cm³/mol. The molecule has 2 aromatic heterocycles. The number of aromatic nitrogens is 3. The number of aromatic amines is 1. The highest BCUT2D eigenvalue weighted by atomic mass is 35.5. The van der Waals surface area contributed by atoms with Gasteiger partial charge in [0.25, 0.3) is 0 Å². The van der Waals surface area contributed by atoms with Crippen LogP contribution >= 0.6 is 11.6 Å². The number of H-pyrrole nitrogens is 1. The fraction of sp³-hybridized carbons (Fsp3) is 0.182. The first-order valence-electron chi connectivity index (χ1n) is 9.17. The summed E-state index contributed by atoms with van der Waals surface area (Å²) in [6.07, 6.45) is 3.44. The molecule has 2 N–H and O–H groups in total. The van der Waals surface area contributed by atoms with E-state index in [2.05, 4.69) is 34.5 Å². The topological polar surface area (TPSA) is 62.7 Å². The van der Waals surface area contributed by atoms with Crippen molar-refractivity contribution in [2.75, 3.05) is 0 Å². The first-order chi connectivity index (χ1) is 13.5. The van der Waals surface area contributed by atoms with Crippen molar-refractivity contribution in [2.45, 2.75) is 26.4 Å². The van der Waals surface area contributed by atoms with Gasteiger partial charge in [-0.25, -0.2) is 0 Å². The number of nitrogens with zero attached hydrogens (tertiary/aromatic N) is 2. The second kappa shape index (κ2) is 7.52. The number of nitrogens with one attached hydrogen (secondary N) is 2. The van der Waals surface area contributed by atoms with Crippen molar-refractivity contribution >= 4 is 28.4 Å². The van der Waals surface area contributed by atoms with E-state index in [1.807, 2.05) is 37.3 Å². The lowest BCUT2D eigenvalue weighted by atomic mass is 10.1. The molecule has 4 aromatic rings. The van der Waals surface area contributed by atoms with Crippen molar-refractivity contribution in [3.8, 4) is 11.3 Å². The Bertz CT molecular complexity index is 1120. The van der Waals surface area contributed by atoms with Crippen molar-refractivity contribution in [3.63, 3.8) is 0 Å². The third kappa shape index (κ3) is 3.41. The first kappa shape index (κ1) is 18.3. The number of hydrogen-bond donors (Lipinski definition) is 2. The number of hydrogen-bond acceptors (Lipinski definition) is 2. The standard InChI is InChI=1S/C22H21ClN4O/c1-14-19-12-18(23)11-17(13-24-22(28)15(2)27-10-6-9-25-27)21(19)26-20(14)16-7-4-3-5-8-16/h3-12,15,26H,13H2,1-2H3,(H,24,28). The quantitative estimate of drug-likeness (QED) is 0.509. The lowest BCUT2D eigenvalue weighted by Crippen LogP contribution is -2.30. The van der Waals surface area contributed by atoms with Crippen LogP contribution in [0.1, 0.15) is 24.1 Å². The summed E-state index contributed by atoms with van der Waals surface area (Å²) in [5.74, 6) is -0.0941. The minimum absolute atomic E-state index is 0.0941. The third-order valence-corrected chi connectivity index (χ3v) is 5.25. The molecule has 0 spiro atoms. The Morgan fingerprint density at radius 1 is 1.25 bits per heavy atom. The molecule has 1 atom stereocenters. The van der Waals surface area contributed by atoms with Gasteiger partial charge in [0.05, 0.1) is 5.52 Å². The number of carbonyl (C=O) groups excluding carboxylic acids is 1. The molecule has 0 radical (unpaired) electrons. The van der Waals surface area contributed by atoms with E-state index in [4.69, 9.17) is 11.6 Å². The molecular weight excluding hydrogens is 372 g/mol. The minimum atomic E-state index is -0.380. The SMILES string of the molecule is Cc1c(-c2ccccc2)[nH]c2c(CNC(=O)C(C)n3cccn3)cc(Cl)cc12. The average molecular weight is 393 g/mol. The van der Waals surface area contributed by atoms with Gasteiger partial charge in [0.1, 0.15) is 6.04 Å². The zero-order chi connectivity index (χ0) is 19.7. The largest absolute Gasteiger partial charge is 0.354 e. The highest BCUT2D eigenvalue weighted by Crippen LogP contribution is 2.33. The Hall–Kier alpha value is -3.05. The number of benzene rings is 2. The van der Waals surface area contributed by atoms with Crippen LogP contribution in [0.5, 0.6) is 0 Å². The number of rotatable bonds is 5. The van der Waals surface area contributed by atoms with Crippen molar-refractivity contribution in [1.29, 1.82) is 0 Å². The molecule has 0 aliphatic rings. The third-order valence-electron chi connectivity index (χ3n) is 5.03. The van der Waals surface area contributed by atoms with E-state index in [1.54, 1.807) is 23.1 Å². The summed E-state index contributed by atoms with van der Waals surface area (Å²) < 4.78 is 1.63. The van der Waals surface area contributed by atoms with Crippen LogP contribution in [0.25, 0.3) is 22.2 Å². The molecule has 1 amide bonds. The lowest BCUT2D eigenvalue weighted by molar-refractivity contribution is -0.124. The molecular formula is C22H21ClN4O. The molecule has 0 saturated heterocycles. The van der Waals surface area contributed by atoms with E-state index in [9.17, 15) is 4.79 Å². The van der Waals surface area contributed by atoms with Gasteiger partial charge in [-0.2, -0.15) is 5.10 Å². The van der Waals surface area contributed by atoms with E-state index in [1.165, 1.54) is 0 Å². The summed E-state index contributed by atoms with van der Waals surface area (Å²) in [4.78, 5) is 16.0. The van der Waals surface area contributed by atoms with Crippen LogP contribution in [-0.4, -0.2) is 20.7 Å². The molecule has 0 aliphatic carbocycles. The van der Waals surface area contributed by atoms with Crippen LogP contribution in [0.4, 0.5) is 0 Å². The number of fused-ring (bicyclic) bond motifs is 1. The summed E-state index contributed by atoms with van der Waals surface area (Å²) in [5, 5.41) is 8.85. The highest BCUT2D eigenvalue weighted by molar-refractivity contribution is 6.31. The van der Waals surface area contributed by atoms with E-state index in [0.29, 0.717) is 11.6 Å².